The molecule has 328 valence electrons. The van der Waals surface area contributed by atoms with Crippen LogP contribution in [0.4, 0.5) is 11.6 Å². The third-order valence-electron chi connectivity index (χ3n) is 10.8. The molecule has 0 unspecified atom stereocenters. The molecule has 0 atom stereocenters. The maximum atomic E-state index is 4.53. The van der Waals surface area contributed by atoms with Crippen molar-refractivity contribution >= 4 is 77.1 Å². The molecule has 0 saturated heterocycles. The molecular weight excluding hydrogens is 1170 g/mol. The first-order valence-electron chi connectivity index (χ1n) is 21.0. The molecule has 12 rings (SSSR count). The van der Waals surface area contributed by atoms with Crippen molar-refractivity contribution < 1.29 is 42.1 Å². The van der Waals surface area contributed by atoms with E-state index in [1.807, 2.05) is 184 Å². The number of hydrogen-bond acceptors (Lipinski definition) is 6. The normalized spacial score (nSPS) is 10.5. The Hall–Kier alpha value is -6.98. The smallest absolute Gasteiger partial charge is 0.435 e. The summed E-state index contributed by atoms with van der Waals surface area (Å²) in [4.78, 5) is 31.0. The molecule has 0 spiro atoms. The van der Waals surface area contributed by atoms with E-state index in [-0.39, 0.29) is 42.1 Å². The minimum absolute atomic E-state index is 0. The summed E-state index contributed by atoms with van der Waals surface area (Å²) >= 11 is 0. The standard InChI is InChI=1S/2C15H10N.2C13H12N3.2Pt/c2*1-2-7-13(8-3-1)15-14-9-5-4-6-12(14)10-11-16-15;2*1-16(2)12-8-7-10-9-5-3-4-6-11(9)14-13(10)15-12;;/h2*1-7,9-11H;2*3-8H,1-2H3;;/q4*-1;2*+2. The average Bonchev–Trinajstić information content (AvgIpc) is 3.92. The van der Waals surface area contributed by atoms with Crippen molar-refractivity contribution in [2.45, 2.75) is 0 Å². The van der Waals surface area contributed by atoms with Crippen LogP contribution >= 0.6 is 0 Å². The van der Waals surface area contributed by atoms with Crippen LogP contribution in [0.1, 0.15) is 0 Å². The number of aromatic nitrogens is 6. The number of anilines is 2. The summed E-state index contributed by atoms with van der Waals surface area (Å²) in [5.41, 5.74) is 7.76. The van der Waals surface area contributed by atoms with Gasteiger partial charge in [-0.15, -0.1) is 71.8 Å². The molecule has 0 aliphatic rings. The number of rotatable bonds is 4. The number of fused-ring (bicyclic) bond motifs is 8. The summed E-state index contributed by atoms with van der Waals surface area (Å²) in [6, 6.07) is 67.4. The van der Waals surface area contributed by atoms with Crippen LogP contribution < -0.4 is 19.8 Å². The van der Waals surface area contributed by atoms with Crippen molar-refractivity contribution in [3.8, 4) is 22.5 Å². The van der Waals surface area contributed by atoms with Crippen molar-refractivity contribution in [3.05, 3.63) is 207 Å². The van der Waals surface area contributed by atoms with Crippen LogP contribution in [0, 0.1) is 12.1 Å². The second kappa shape index (κ2) is 21.8. The Morgan fingerprint density at radius 1 is 0.379 bits per heavy atom. The molecule has 8 nitrogen and oxygen atoms in total. The quantitative estimate of drug-likeness (QED) is 0.161. The summed E-state index contributed by atoms with van der Waals surface area (Å²) in [6.07, 6.45) is 3.69. The molecule has 0 saturated carbocycles. The monoisotopic (exact) mass is 1220 g/mol. The van der Waals surface area contributed by atoms with Gasteiger partial charge >= 0.3 is 42.1 Å². The van der Waals surface area contributed by atoms with Crippen LogP contribution in [0.15, 0.2) is 194 Å². The Morgan fingerprint density at radius 2 is 0.758 bits per heavy atom. The van der Waals surface area contributed by atoms with E-state index in [0.29, 0.717) is 0 Å². The Labute approximate surface area is 413 Å². The summed E-state index contributed by atoms with van der Waals surface area (Å²) in [7, 11) is 7.93. The molecule has 0 bridgehead atoms. The third kappa shape index (κ3) is 10.4. The predicted molar refractivity (Wildman–Crippen MR) is 266 cm³/mol. The molecule has 0 N–H and O–H groups in total. The van der Waals surface area contributed by atoms with E-state index in [1.54, 1.807) is 0 Å². The molecule has 0 aliphatic carbocycles. The van der Waals surface area contributed by atoms with Gasteiger partial charge in [-0.05, 0) is 101 Å². The van der Waals surface area contributed by atoms with E-state index in [0.717, 1.165) is 67.3 Å². The van der Waals surface area contributed by atoms with Gasteiger partial charge in [0, 0.05) is 52.2 Å². The van der Waals surface area contributed by atoms with Gasteiger partial charge in [0.2, 0.25) is 0 Å². The zero-order valence-electron chi connectivity index (χ0n) is 36.7. The largest absolute Gasteiger partial charge is 2.00 e. The maximum absolute atomic E-state index is 4.53. The fourth-order valence-electron chi connectivity index (χ4n) is 7.54. The van der Waals surface area contributed by atoms with E-state index >= 15 is 0 Å². The molecule has 6 aromatic heterocycles. The van der Waals surface area contributed by atoms with Gasteiger partial charge in [0.05, 0.1) is 0 Å². The van der Waals surface area contributed by atoms with Crippen molar-refractivity contribution in [1.82, 2.24) is 29.9 Å². The summed E-state index contributed by atoms with van der Waals surface area (Å²) < 4.78 is 0. The maximum Gasteiger partial charge on any atom is 2.00 e. The first kappa shape index (κ1) is 47.0. The SMILES string of the molecule is CN(C)c1ccc2c(n1)[n-]c1ccccc12.CN(C)c1ccc2c(n1)[n-]c1ccccc12.[Pt+2].[Pt+2].[c-]1ccccc1-c1nccc2ccccc12.[c-]1ccccc1-c1nccc2ccccc12. The summed E-state index contributed by atoms with van der Waals surface area (Å²) in [5.74, 6) is 1.88. The fraction of sp³-hybridized carbons (Fsp3) is 0.0714. The van der Waals surface area contributed by atoms with E-state index in [9.17, 15) is 0 Å². The molecule has 0 fully saturated rings. The Bertz CT molecular complexity index is 3240. The Morgan fingerprint density at radius 3 is 1.15 bits per heavy atom. The molecule has 0 amide bonds. The van der Waals surface area contributed by atoms with Gasteiger partial charge in [-0.2, -0.15) is 0 Å². The second-order valence-corrected chi connectivity index (χ2v) is 15.4. The van der Waals surface area contributed by atoms with Crippen LogP contribution in [-0.4, -0.2) is 48.1 Å². The van der Waals surface area contributed by atoms with Crippen molar-refractivity contribution in [1.29, 1.82) is 0 Å². The number of pyridine rings is 4. The fourth-order valence-corrected chi connectivity index (χ4v) is 7.54. The van der Waals surface area contributed by atoms with Crippen LogP contribution in [-0.2, 0) is 42.1 Å². The van der Waals surface area contributed by atoms with Crippen LogP contribution in [0.3, 0.4) is 0 Å². The molecule has 0 radical (unpaired) electrons. The zero-order valence-corrected chi connectivity index (χ0v) is 41.2. The van der Waals surface area contributed by atoms with Crippen LogP contribution in [0.5, 0.6) is 0 Å². The van der Waals surface area contributed by atoms with Crippen LogP contribution in [0.25, 0.3) is 87.9 Å². The molecule has 10 heteroatoms. The first-order valence-corrected chi connectivity index (χ1v) is 21.0. The number of hydrogen-bond donors (Lipinski definition) is 0. The predicted octanol–water partition coefficient (Wildman–Crippen LogP) is 12.2. The molecule has 6 heterocycles. The van der Waals surface area contributed by atoms with E-state index in [2.05, 4.69) is 90.6 Å². The second-order valence-electron chi connectivity index (χ2n) is 15.4. The number of nitrogens with zero attached hydrogens (tertiary/aromatic N) is 8. The van der Waals surface area contributed by atoms with E-state index < -0.39 is 0 Å². The number of benzene rings is 6. The first-order chi connectivity index (χ1) is 31.4. The third-order valence-corrected chi connectivity index (χ3v) is 10.8. The van der Waals surface area contributed by atoms with Gasteiger partial charge < -0.3 is 39.7 Å². The Kier molecular flexibility index (Phi) is 15.5. The molecule has 66 heavy (non-hydrogen) atoms. The average molecular weight is 1220 g/mol. The molecule has 12 aromatic rings. The van der Waals surface area contributed by atoms with Gasteiger partial charge in [0.15, 0.2) is 0 Å². The van der Waals surface area contributed by atoms with Gasteiger partial charge in [-0.25, -0.2) is 0 Å². The number of para-hydroxylation sites is 2. The van der Waals surface area contributed by atoms with Gasteiger partial charge in [-0.1, -0.05) is 109 Å². The van der Waals surface area contributed by atoms with Crippen molar-refractivity contribution in [3.63, 3.8) is 0 Å². The topological polar surface area (TPSA) is 86.2 Å². The van der Waals surface area contributed by atoms with Crippen LogP contribution in [0.2, 0.25) is 0 Å². The van der Waals surface area contributed by atoms with Crippen molar-refractivity contribution in [2.75, 3.05) is 38.0 Å². The molecule has 6 aromatic carbocycles. The van der Waals surface area contributed by atoms with Crippen molar-refractivity contribution in [2.24, 2.45) is 0 Å². The Balaban J connectivity index is 0.000000130. The molecule has 0 aliphatic heterocycles. The van der Waals surface area contributed by atoms with Gasteiger partial charge in [0.1, 0.15) is 0 Å². The van der Waals surface area contributed by atoms with Gasteiger partial charge in [-0.3, -0.25) is 0 Å². The minimum atomic E-state index is 0. The summed E-state index contributed by atoms with van der Waals surface area (Å²) in [5, 5.41) is 9.38. The molecular formula is C56H44N8Pt2. The zero-order chi connectivity index (χ0) is 43.8. The minimum Gasteiger partial charge on any atom is -0.435 e. The summed E-state index contributed by atoms with van der Waals surface area (Å²) in [6.45, 7) is 0. The van der Waals surface area contributed by atoms with E-state index in [1.165, 1.54) is 32.3 Å². The van der Waals surface area contributed by atoms with Gasteiger partial charge in [0.25, 0.3) is 0 Å². The van der Waals surface area contributed by atoms with E-state index in [4.69, 9.17) is 0 Å².